The number of nitrogens with one attached hydrogen (secondary N) is 1. The summed E-state index contributed by atoms with van der Waals surface area (Å²) in [6, 6.07) is 0.748. The van der Waals surface area contributed by atoms with Gasteiger partial charge in [0.05, 0.1) is 6.61 Å². The Labute approximate surface area is 109 Å². The molecule has 0 aromatic heterocycles. The third-order valence-electron chi connectivity index (χ3n) is 3.20. The maximum Gasteiger partial charge on any atom is 0.0591 e. The van der Waals surface area contributed by atoms with E-state index in [9.17, 15) is 0 Å². The molecule has 0 saturated heterocycles. The van der Waals surface area contributed by atoms with E-state index in [1.807, 2.05) is 0 Å². The number of rotatable bonds is 8. The molecule has 1 fully saturated rings. The van der Waals surface area contributed by atoms with Crippen LogP contribution >= 0.6 is 0 Å². The zero-order valence-corrected chi connectivity index (χ0v) is 10.8. The van der Waals surface area contributed by atoms with Crippen LogP contribution in [0.25, 0.3) is 10.4 Å². The quantitative estimate of drug-likeness (QED) is 0.236. The minimum Gasteiger partial charge on any atom is -0.380 e. The first-order chi connectivity index (χ1) is 8.86. The zero-order chi connectivity index (χ0) is 13.1. The van der Waals surface area contributed by atoms with Crippen molar-refractivity contribution in [3.8, 4) is 12.3 Å². The molecule has 0 spiro atoms. The van der Waals surface area contributed by atoms with E-state index in [4.69, 9.17) is 16.7 Å². The highest BCUT2D eigenvalue weighted by Crippen LogP contribution is 2.21. The van der Waals surface area contributed by atoms with E-state index < -0.39 is 0 Å². The largest absolute Gasteiger partial charge is 0.380 e. The van der Waals surface area contributed by atoms with Crippen LogP contribution in [0.3, 0.4) is 0 Å². The highest BCUT2D eigenvalue weighted by molar-refractivity contribution is 4.83. The summed E-state index contributed by atoms with van der Waals surface area (Å²) >= 11 is 0. The fraction of sp³-hybridized carbons (Fsp3) is 0.846. The third kappa shape index (κ3) is 6.51. The van der Waals surface area contributed by atoms with Gasteiger partial charge in [0.15, 0.2) is 0 Å². The lowest BCUT2D eigenvalue weighted by Crippen LogP contribution is -2.36. The molecule has 0 aromatic rings. The van der Waals surface area contributed by atoms with Crippen LogP contribution in [0.1, 0.15) is 38.5 Å². The topological polar surface area (TPSA) is 70.0 Å². The van der Waals surface area contributed by atoms with E-state index in [2.05, 4.69) is 21.3 Å². The SMILES string of the molecule is C#CCCCOCCN[C@H]1CC[C@@H](N=[N+]=[N-])CC1. The molecule has 5 heteroatoms. The normalized spacial score (nSPS) is 23.1. The van der Waals surface area contributed by atoms with Gasteiger partial charge in [0, 0.05) is 36.6 Å². The van der Waals surface area contributed by atoms with Gasteiger partial charge in [-0.05, 0) is 37.6 Å². The van der Waals surface area contributed by atoms with Crippen molar-refractivity contribution >= 4 is 0 Å². The van der Waals surface area contributed by atoms with Crippen molar-refractivity contribution in [2.45, 2.75) is 50.6 Å². The average Bonchev–Trinajstić information content (AvgIpc) is 2.40. The summed E-state index contributed by atoms with van der Waals surface area (Å²) in [6.07, 6.45) is 11.0. The van der Waals surface area contributed by atoms with Gasteiger partial charge in [0.25, 0.3) is 0 Å². The zero-order valence-electron chi connectivity index (χ0n) is 10.8. The molecule has 18 heavy (non-hydrogen) atoms. The summed E-state index contributed by atoms with van der Waals surface area (Å²) in [6.45, 7) is 2.36. The summed E-state index contributed by atoms with van der Waals surface area (Å²) in [4.78, 5) is 2.87. The van der Waals surface area contributed by atoms with Crippen LogP contribution in [-0.2, 0) is 4.74 Å². The van der Waals surface area contributed by atoms with Gasteiger partial charge in [0.1, 0.15) is 0 Å². The number of azide groups is 1. The molecule has 0 amide bonds. The van der Waals surface area contributed by atoms with E-state index in [0.29, 0.717) is 6.04 Å². The lowest BCUT2D eigenvalue weighted by molar-refractivity contribution is 0.130. The summed E-state index contributed by atoms with van der Waals surface area (Å²) in [7, 11) is 0. The molecule has 1 aliphatic carbocycles. The first kappa shape index (κ1) is 14.8. The van der Waals surface area contributed by atoms with Gasteiger partial charge in [-0.2, -0.15) is 0 Å². The predicted molar refractivity (Wildman–Crippen MR) is 72.1 cm³/mol. The summed E-state index contributed by atoms with van der Waals surface area (Å²) in [5, 5.41) is 7.24. The van der Waals surface area contributed by atoms with Crippen LogP contribution in [0.4, 0.5) is 0 Å². The molecular formula is C13H22N4O. The van der Waals surface area contributed by atoms with Crippen LogP contribution < -0.4 is 5.32 Å². The Hall–Kier alpha value is -1.21. The van der Waals surface area contributed by atoms with Crippen molar-refractivity contribution in [1.82, 2.24) is 5.32 Å². The number of hydrogen-bond donors (Lipinski definition) is 1. The number of nitrogens with zero attached hydrogens (tertiary/aromatic N) is 3. The van der Waals surface area contributed by atoms with E-state index in [0.717, 1.165) is 58.3 Å². The highest BCUT2D eigenvalue weighted by Gasteiger charge is 2.19. The molecule has 0 aliphatic heterocycles. The van der Waals surface area contributed by atoms with Crippen LogP contribution in [0, 0.1) is 12.3 Å². The second-order valence-corrected chi connectivity index (χ2v) is 4.58. The molecule has 0 atom stereocenters. The number of hydrogen-bond acceptors (Lipinski definition) is 3. The first-order valence-corrected chi connectivity index (χ1v) is 6.65. The van der Waals surface area contributed by atoms with E-state index >= 15 is 0 Å². The molecule has 100 valence electrons. The lowest BCUT2D eigenvalue weighted by atomic mass is 9.92. The molecule has 0 heterocycles. The average molecular weight is 250 g/mol. The van der Waals surface area contributed by atoms with Crippen molar-refractivity contribution in [3.63, 3.8) is 0 Å². The Kier molecular flexibility index (Phi) is 8.07. The van der Waals surface area contributed by atoms with Gasteiger partial charge in [-0.15, -0.1) is 12.3 Å². The molecule has 0 unspecified atom stereocenters. The summed E-state index contributed by atoms with van der Waals surface area (Å²) in [5.41, 5.74) is 8.36. The smallest absolute Gasteiger partial charge is 0.0591 e. The van der Waals surface area contributed by atoms with Crippen LogP contribution in [0.5, 0.6) is 0 Å². The van der Waals surface area contributed by atoms with Gasteiger partial charge < -0.3 is 10.1 Å². The molecule has 1 saturated carbocycles. The monoisotopic (exact) mass is 250 g/mol. The molecule has 1 aliphatic rings. The third-order valence-corrected chi connectivity index (χ3v) is 3.20. The summed E-state index contributed by atoms with van der Waals surface area (Å²) in [5.74, 6) is 2.59. The first-order valence-electron chi connectivity index (χ1n) is 6.65. The molecule has 1 N–H and O–H groups in total. The van der Waals surface area contributed by atoms with Gasteiger partial charge in [0.2, 0.25) is 0 Å². The number of unbranched alkanes of at least 4 members (excludes halogenated alkanes) is 1. The van der Waals surface area contributed by atoms with Crippen molar-refractivity contribution in [2.24, 2.45) is 5.11 Å². The fourth-order valence-electron chi connectivity index (χ4n) is 2.18. The predicted octanol–water partition coefficient (Wildman–Crippen LogP) is 2.63. The molecule has 0 aromatic carbocycles. The Morgan fingerprint density at radius 2 is 2.11 bits per heavy atom. The maximum atomic E-state index is 8.36. The van der Waals surface area contributed by atoms with Crippen molar-refractivity contribution in [1.29, 1.82) is 0 Å². The molecule has 1 rings (SSSR count). The Morgan fingerprint density at radius 3 is 2.78 bits per heavy atom. The van der Waals surface area contributed by atoms with Crippen LogP contribution in [0.2, 0.25) is 0 Å². The molecule has 0 radical (unpaired) electrons. The Morgan fingerprint density at radius 1 is 1.33 bits per heavy atom. The second-order valence-electron chi connectivity index (χ2n) is 4.58. The van der Waals surface area contributed by atoms with Gasteiger partial charge >= 0.3 is 0 Å². The minimum absolute atomic E-state index is 0.202. The van der Waals surface area contributed by atoms with E-state index in [1.165, 1.54) is 0 Å². The maximum absolute atomic E-state index is 8.36. The minimum atomic E-state index is 0.202. The van der Waals surface area contributed by atoms with E-state index in [-0.39, 0.29) is 6.04 Å². The Balaban J connectivity index is 1.95. The van der Waals surface area contributed by atoms with E-state index in [1.54, 1.807) is 0 Å². The second kappa shape index (κ2) is 9.78. The van der Waals surface area contributed by atoms with Crippen molar-refractivity contribution < 1.29 is 4.74 Å². The molecule has 0 bridgehead atoms. The van der Waals surface area contributed by atoms with Gasteiger partial charge in [-0.25, -0.2) is 0 Å². The summed E-state index contributed by atoms with van der Waals surface area (Å²) < 4.78 is 5.46. The van der Waals surface area contributed by atoms with Crippen molar-refractivity contribution in [3.05, 3.63) is 10.4 Å². The number of ether oxygens (including phenoxy) is 1. The molecule has 5 nitrogen and oxygen atoms in total. The van der Waals surface area contributed by atoms with Gasteiger partial charge in [-0.1, -0.05) is 5.11 Å². The van der Waals surface area contributed by atoms with Crippen molar-refractivity contribution in [2.75, 3.05) is 19.8 Å². The van der Waals surface area contributed by atoms with Crippen LogP contribution in [0.15, 0.2) is 5.11 Å². The van der Waals surface area contributed by atoms with Gasteiger partial charge in [-0.3, -0.25) is 0 Å². The highest BCUT2D eigenvalue weighted by atomic mass is 16.5. The molecular weight excluding hydrogens is 228 g/mol. The standard InChI is InChI=1S/C13H22N4O/c1-2-3-4-10-18-11-9-15-12-5-7-13(8-6-12)16-17-14/h1,12-13,15H,3-11H2/t12-,13+. The van der Waals surface area contributed by atoms with Crippen LogP contribution in [-0.4, -0.2) is 31.8 Å². The lowest BCUT2D eigenvalue weighted by Gasteiger charge is -2.26. The Bertz CT molecular complexity index is 299. The number of terminal acetylenes is 1. The fourth-order valence-corrected chi connectivity index (χ4v) is 2.18.